The lowest BCUT2D eigenvalue weighted by atomic mass is 9.75. The van der Waals surface area contributed by atoms with Gasteiger partial charge in [-0.1, -0.05) is 72.8 Å². The second-order valence-electron chi connectivity index (χ2n) is 9.04. The zero-order valence-electron chi connectivity index (χ0n) is 18.7. The van der Waals surface area contributed by atoms with Crippen molar-refractivity contribution in [3.8, 4) is 11.1 Å². The molecule has 34 heavy (non-hydrogen) atoms. The molecule has 0 saturated carbocycles. The molecular weight excluding hydrogens is 421 g/mol. The number of fused-ring (bicyclic) bond motifs is 5. The Hall–Kier alpha value is -3.98. The minimum absolute atomic E-state index is 0.0331. The van der Waals surface area contributed by atoms with Crippen LogP contribution in [0.2, 0.25) is 0 Å². The summed E-state index contributed by atoms with van der Waals surface area (Å²) in [5.41, 5.74) is 6.48. The third-order valence-electron chi connectivity index (χ3n) is 7.05. The van der Waals surface area contributed by atoms with Crippen molar-refractivity contribution in [2.75, 3.05) is 0 Å². The van der Waals surface area contributed by atoms with Gasteiger partial charge in [0.05, 0.1) is 0 Å². The van der Waals surface area contributed by atoms with Crippen molar-refractivity contribution in [1.82, 2.24) is 5.32 Å². The molecule has 0 amide bonds. The van der Waals surface area contributed by atoms with Gasteiger partial charge in [-0.2, -0.15) is 0 Å². The first-order valence-corrected chi connectivity index (χ1v) is 11.7. The van der Waals surface area contributed by atoms with Gasteiger partial charge in [0, 0.05) is 29.3 Å². The molecular formula is C31H24FNO. The molecule has 3 aromatic carbocycles. The van der Waals surface area contributed by atoms with Gasteiger partial charge in [0.2, 0.25) is 0 Å². The molecule has 1 aliphatic heterocycles. The van der Waals surface area contributed by atoms with Crippen molar-refractivity contribution in [3.05, 3.63) is 130 Å². The highest BCUT2D eigenvalue weighted by molar-refractivity contribution is 6.01. The first-order valence-electron chi connectivity index (χ1n) is 11.7. The third kappa shape index (κ3) is 3.54. The van der Waals surface area contributed by atoms with Crippen LogP contribution in [0, 0.1) is 11.7 Å². The molecule has 0 bridgehead atoms. The minimum Gasteiger partial charge on any atom is -0.364 e. The highest BCUT2D eigenvalue weighted by Gasteiger charge is 2.31. The number of hydrogen-bond donors (Lipinski definition) is 1. The van der Waals surface area contributed by atoms with Crippen LogP contribution in [-0.4, -0.2) is 5.78 Å². The molecule has 3 aromatic rings. The SMILES string of the molecule is O=C(c1cccc(F)c1)C1C=c2c(ccc3c2=CCc2ccccc2-3)C(C2=CC=CC=CN2)C1. The number of rotatable bonds is 3. The van der Waals surface area contributed by atoms with Crippen molar-refractivity contribution in [2.45, 2.75) is 18.8 Å². The molecule has 0 fully saturated rings. The van der Waals surface area contributed by atoms with Gasteiger partial charge in [-0.15, -0.1) is 0 Å². The van der Waals surface area contributed by atoms with Gasteiger partial charge < -0.3 is 5.32 Å². The Labute approximate surface area is 198 Å². The predicted octanol–water partition coefficient (Wildman–Crippen LogP) is 5.15. The monoisotopic (exact) mass is 445 g/mol. The molecule has 2 nitrogen and oxygen atoms in total. The van der Waals surface area contributed by atoms with E-state index in [4.69, 9.17) is 0 Å². The maximum atomic E-state index is 13.9. The summed E-state index contributed by atoms with van der Waals surface area (Å²) in [6.07, 6.45) is 15.9. The fourth-order valence-corrected chi connectivity index (χ4v) is 5.44. The number of carbonyl (C=O) groups excluding carboxylic acids is 1. The Balaban J connectivity index is 1.55. The van der Waals surface area contributed by atoms with E-state index < -0.39 is 0 Å². The summed E-state index contributed by atoms with van der Waals surface area (Å²) in [6.45, 7) is 0. The number of Topliss-reactive ketones (excluding diaryl/α,β-unsaturated/α-hetero) is 1. The van der Waals surface area contributed by atoms with E-state index >= 15 is 0 Å². The van der Waals surface area contributed by atoms with Crippen LogP contribution in [0.5, 0.6) is 0 Å². The number of hydrogen-bond acceptors (Lipinski definition) is 2. The molecule has 6 rings (SSSR count). The van der Waals surface area contributed by atoms with Gasteiger partial charge >= 0.3 is 0 Å². The maximum absolute atomic E-state index is 13.9. The summed E-state index contributed by atoms with van der Waals surface area (Å²) < 4.78 is 13.9. The van der Waals surface area contributed by atoms with E-state index in [-0.39, 0.29) is 23.4 Å². The Kier molecular flexibility index (Phi) is 5.10. The van der Waals surface area contributed by atoms with E-state index in [1.54, 1.807) is 12.1 Å². The smallest absolute Gasteiger partial charge is 0.169 e. The van der Waals surface area contributed by atoms with Crippen LogP contribution in [0.15, 0.2) is 96.9 Å². The Morgan fingerprint density at radius 1 is 0.912 bits per heavy atom. The van der Waals surface area contributed by atoms with Crippen molar-refractivity contribution in [1.29, 1.82) is 0 Å². The quantitative estimate of drug-likeness (QED) is 0.565. The number of carbonyl (C=O) groups is 1. The lowest BCUT2D eigenvalue weighted by Gasteiger charge is -2.30. The molecule has 1 N–H and O–H groups in total. The molecule has 0 radical (unpaired) electrons. The molecule has 166 valence electrons. The average Bonchev–Trinajstić information content (AvgIpc) is 3.17. The third-order valence-corrected chi connectivity index (χ3v) is 7.05. The first kappa shape index (κ1) is 20.6. The molecule has 2 unspecified atom stereocenters. The minimum atomic E-state index is -0.385. The van der Waals surface area contributed by atoms with Crippen LogP contribution in [-0.2, 0) is 6.42 Å². The molecule has 3 heteroatoms. The van der Waals surface area contributed by atoms with E-state index in [0.29, 0.717) is 12.0 Å². The highest BCUT2D eigenvalue weighted by Crippen LogP contribution is 2.35. The van der Waals surface area contributed by atoms with Gasteiger partial charge in [0.25, 0.3) is 0 Å². The van der Waals surface area contributed by atoms with Crippen LogP contribution in [0.4, 0.5) is 4.39 Å². The summed E-state index contributed by atoms with van der Waals surface area (Å²) >= 11 is 0. The van der Waals surface area contributed by atoms with Crippen LogP contribution in [0.1, 0.15) is 33.8 Å². The van der Waals surface area contributed by atoms with Crippen molar-refractivity contribution in [3.63, 3.8) is 0 Å². The van der Waals surface area contributed by atoms with Crippen LogP contribution in [0.25, 0.3) is 23.3 Å². The second-order valence-corrected chi connectivity index (χ2v) is 9.04. The topological polar surface area (TPSA) is 29.1 Å². The molecule has 2 aliphatic carbocycles. The molecule has 3 aliphatic rings. The van der Waals surface area contributed by atoms with E-state index in [2.05, 4.69) is 59.9 Å². The fourth-order valence-electron chi connectivity index (χ4n) is 5.44. The van der Waals surface area contributed by atoms with Crippen molar-refractivity contribution >= 4 is 17.9 Å². The van der Waals surface area contributed by atoms with E-state index in [1.807, 2.05) is 24.4 Å². The van der Waals surface area contributed by atoms with Gasteiger partial charge in [0.15, 0.2) is 5.78 Å². The fraction of sp³-hybridized carbons (Fsp3) is 0.129. The summed E-state index contributed by atoms with van der Waals surface area (Å²) in [4.78, 5) is 13.5. The predicted molar refractivity (Wildman–Crippen MR) is 135 cm³/mol. The normalized spacial score (nSPS) is 19.9. The van der Waals surface area contributed by atoms with E-state index in [1.165, 1.54) is 39.6 Å². The lowest BCUT2D eigenvalue weighted by molar-refractivity contribution is 0.0943. The largest absolute Gasteiger partial charge is 0.364 e. The summed E-state index contributed by atoms with van der Waals surface area (Å²) in [5, 5.41) is 5.73. The first-order chi connectivity index (χ1) is 16.7. The number of nitrogens with one attached hydrogen (secondary N) is 1. The van der Waals surface area contributed by atoms with Gasteiger partial charge in [-0.3, -0.25) is 4.79 Å². The van der Waals surface area contributed by atoms with Crippen LogP contribution < -0.4 is 15.8 Å². The highest BCUT2D eigenvalue weighted by atomic mass is 19.1. The zero-order valence-corrected chi connectivity index (χ0v) is 18.7. The van der Waals surface area contributed by atoms with Crippen molar-refractivity contribution < 1.29 is 9.18 Å². The van der Waals surface area contributed by atoms with Crippen LogP contribution >= 0.6 is 0 Å². The Morgan fingerprint density at radius 2 is 1.82 bits per heavy atom. The van der Waals surface area contributed by atoms with Gasteiger partial charge in [0.1, 0.15) is 5.82 Å². The molecule has 0 aromatic heterocycles. The summed E-state index contributed by atoms with van der Waals surface area (Å²) in [5.74, 6) is -0.727. The Morgan fingerprint density at radius 3 is 2.74 bits per heavy atom. The van der Waals surface area contributed by atoms with E-state index in [0.717, 1.165) is 17.3 Å². The van der Waals surface area contributed by atoms with Gasteiger partial charge in [-0.25, -0.2) is 4.39 Å². The number of allylic oxidation sites excluding steroid dienone is 5. The summed E-state index contributed by atoms with van der Waals surface area (Å²) in [6, 6.07) is 19.0. The van der Waals surface area contributed by atoms with Gasteiger partial charge in [-0.05, 0) is 69.8 Å². The molecule has 1 heterocycles. The average molecular weight is 446 g/mol. The Bertz CT molecular complexity index is 1530. The maximum Gasteiger partial charge on any atom is 0.169 e. The number of benzene rings is 3. The lowest BCUT2D eigenvalue weighted by Crippen LogP contribution is -2.39. The zero-order chi connectivity index (χ0) is 23.1. The number of ketones is 1. The number of halogens is 1. The standard InChI is InChI=1S/C31H24FNO/c32-23-9-6-8-21(17-23)31(34)22-18-28-26-13-12-20-7-3-4-10-24(20)25(26)14-15-27(28)29(19-22)30-11-2-1-5-16-33-30/h1-11,13-18,22,29,33H,12,19H2. The van der Waals surface area contributed by atoms with E-state index in [9.17, 15) is 9.18 Å². The summed E-state index contributed by atoms with van der Waals surface area (Å²) in [7, 11) is 0. The molecule has 2 atom stereocenters. The van der Waals surface area contributed by atoms with Crippen LogP contribution in [0.3, 0.4) is 0 Å². The second kappa shape index (κ2) is 8.42. The molecule has 0 spiro atoms. The van der Waals surface area contributed by atoms with Crippen molar-refractivity contribution in [2.24, 2.45) is 5.92 Å². The molecule has 0 saturated heterocycles.